The number of rotatable bonds is 5. The van der Waals surface area contributed by atoms with Crippen molar-refractivity contribution in [1.82, 2.24) is 4.98 Å². The zero-order valence-electron chi connectivity index (χ0n) is 36.2. The number of carbonyl (C=O) groups excluding carboxylic acids is 1. The minimum absolute atomic E-state index is 0.0666. The molecule has 0 unspecified atom stereocenters. The molecule has 63 heavy (non-hydrogen) atoms. The molecule has 0 spiro atoms. The Morgan fingerprint density at radius 1 is 0.794 bits per heavy atom. The van der Waals surface area contributed by atoms with Crippen LogP contribution in [-0.2, 0) is 27.8 Å². The quantitative estimate of drug-likeness (QED) is 0.0387. The van der Waals surface area contributed by atoms with Crippen LogP contribution in [0.2, 0.25) is 0 Å². The van der Waals surface area contributed by atoms with Gasteiger partial charge in [-0.2, -0.15) is 8.42 Å². The van der Waals surface area contributed by atoms with Crippen molar-refractivity contribution < 1.29 is 40.9 Å². The van der Waals surface area contributed by atoms with Crippen molar-refractivity contribution in [1.29, 1.82) is 0 Å². The van der Waals surface area contributed by atoms with E-state index in [9.17, 15) is 13.2 Å². The van der Waals surface area contributed by atoms with E-state index in [-0.39, 0.29) is 21.5 Å². The predicted octanol–water partition coefficient (Wildman–Crippen LogP) is 8.46. The van der Waals surface area contributed by atoms with E-state index in [0.29, 0.717) is 25.3 Å². The third kappa shape index (κ3) is 14.9. The van der Waals surface area contributed by atoms with Crippen LogP contribution in [0.5, 0.6) is 5.75 Å². The maximum atomic E-state index is 10.9. The van der Waals surface area contributed by atoms with Crippen LogP contribution < -0.4 is 23.7 Å². The summed E-state index contributed by atoms with van der Waals surface area (Å²) in [4.78, 5) is 25.1. The number of nitrogens with two attached hydrogens (primary N) is 1. The van der Waals surface area contributed by atoms with Gasteiger partial charge in [0.2, 0.25) is 0 Å². The molecule has 2 aliphatic rings. The first-order valence-electron chi connectivity index (χ1n) is 19.7. The van der Waals surface area contributed by atoms with Crippen LogP contribution in [0, 0.1) is 13.8 Å². The molecule has 0 fully saturated rings. The zero-order valence-corrected chi connectivity index (χ0v) is 43.5. The Hall–Kier alpha value is -4.24. The van der Waals surface area contributed by atoms with Gasteiger partial charge in [-0.1, -0.05) is 96.6 Å². The molecule has 3 heterocycles. The van der Waals surface area contributed by atoms with Crippen LogP contribution in [0.3, 0.4) is 0 Å². The number of carbonyl (C=O) groups is 1. The van der Waals surface area contributed by atoms with Gasteiger partial charge in [-0.25, -0.2) is 0 Å². The van der Waals surface area contributed by atoms with Crippen molar-refractivity contribution in [3.05, 3.63) is 178 Å². The first-order chi connectivity index (χ1) is 29.9. The monoisotopic (exact) mass is 1210 g/mol. The van der Waals surface area contributed by atoms with Gasteiger partial charge >= 0.3 is 50.5 Å². The molecule has 10 nitrogen and oxygen atoms in total. The number of methoxy groups -OCH3 is 1. The summed E-state index contributed by atoms with van der Waals surface area (Å²) in [5.74, 6) is 0.797. The predicted molar refractivity (Wildman–Crippen MR) is 270 cm³/mol. The number of para-hydroxylation sites is 2. The summed E-state index contributed by atoms with van der Waals surface area (Å²) in [7, 11) is -2.34. The Morgan fingerprint density at radius 2 is 1.35 bits per heavy atom. The summed E-state index contributed by atoms with van der Waals surface area (Å²) >= 11 is 5.30. The Balaban J connectivity index is 0.000000195. The summed E-state index contributed by atoms with van der Waals surface area (Å²) in [6.07, 6.45) is 5.16. The van der Waals surface area contributed by atoms with Crippen LogP contribution in [0.1, 0.15) is 66.6 Å². The summed E-state index contributed by atoms with van der Waals surface area (Å²) in [5.41, 5.74) is 16.5. The number of allylic oxidation sites excluding steroid dienone is 1. The van der Waals surface area contributed by atoms with Crippen molar-refractivity contribution in [2.24, 2.45) is 9.98 Å². The topological polar surface area (TPSA) is 165 Å². The first kappa shape index (κ1) is 51.4. The van der Waals surface area contributed by atoms with E-state index in [1.165, 1.54) is 23.3 Å². The number of anilines is 1. The van der Waals surface area contributed by atoms with Crippen molar-refractivity contribution in [2.45, 2.75) is 70.4 Å². The number of hydrogen-bond acceptors (Lipinski definition) is 9. The van der Waals surface area contributed by atoms with E-state index in [0.717, 1.165) is 75.0 Å². The normalized spacial score (nSPS) is 14.4. The number of aliphatic hydroxyl groups excluding tert-OH is 1. The summed E-state index contributed by atoms with van der Waals surface area (Å²) < 4.78 is 35.0. The van der Waals surface area contributed by atoms with Crippen molar-refractivity contribution in [2.75, 3.05) is 12.8 Å². The fourth-order valence-corrected chi connectivity index (χ4v) is 7.34. The SMILES string of the molecule is CC1(C)Cc2ccccc2C(C(C=O)=CO)=N1.COc1cccc2cc(C3=NC(C)(C)Cc4ccccc43)cnc12.Cc1ccc(S(=O)(=O)O)cc1.Cc1ccccc1N.I[I-]I. The van der Waals surface area contributed by atoms with Crippen LogP contribution in [0.15, 0.2) is 154 Å². The number of fused-ring (bicyclic) bond motifs is 3. The third-order valence-electron chi connectivity index (χ3n) is 9.83. The molecule has 4 N–H and O–H groups in total. The Kier molecular flexibility index (Phi) is 19.3. The molecule has 332 valence electrons. The van der Waals surface area contributed by atoms with Crippen LogP contribution >= 0.6 is 37.2 Å². The number of hydrogen-bond donors (Lipinski definition) is 3. The summed E-state index contributed by atoms with van der Waals surface area (Å²) in [6.45, 7) is 12.2. The summed E-state index contributed by atoms with van der Waals surface area (Å²) in [5, 5.41) is 10.2. The molecule has 0 aliphatic carbocycles. The van der Waals surface area contributed by atoms with E-state index in [1.807, 2.05) is 94.6 Å². The Morgan fingerprint density at radius 3 is 1.89 bits per heavy atom. The number of halogens is 3. The molecule has 1 aromatic heterocycles. The molecular formula is C49H52I3N4O6S-. The number of aromatic nitrogens is 1. The number of aldehydes is 1. The molecule has 2 aliphatic heterocycles. The fourth-order valence-electron chi connectivity index (χ4n) is 6.86. The zero-order chi connectivity index (χ0) is 46.4. The molecule has 6 aromatic rings. The third-order valence-corrected chi connectivity index (χ3v) is 10.7. The van der Waals surface area contributed by atoms with Gasteiger partial charge < -0.3 is 15.6 Å². The fraction of sp³-hybridized carbons (Fsp3) is 0.224. The molecule has 0 saturated heterocycles. The van der Waals surface area contributed by atoms with E-state index in [1.54, 1.807) is 19.2 Å². The van der Waals surface area contributed by atoms with E-state index < -0.39 is 10.1 Å². The van der Waals surface area contributed by atoms with E-state index >= 15 is 0 Å². The number of ether oxygens (including phenoxy) is 1. The second kappa shape index (κ2) is 23.6. The number of aliphatic hydroxyl groups is 1. The first-order valence-corrected chi connectivity index (χ1v) is 33.7. The van der Waals surface area contributed by atoms with Crippen LogP contribution in [0.25, 0.3) is 10.9 Å². The molecular weight excluding hydrogens is 1150 g/mol. The molecule has 14 heteroatoms. The number of pyridine rings is 1. The van der Waals surface area contributed by atoms with E-state index in [4.69, 9.17) is 25.1 Å². The van der Waals surface area contributed by atoms with Crippen molar-refractivity contribution in [3.8, 4) is 5.75 Å². The van der Waals surface area contributed by atoms with Gasteiger partial charge in [-0.3, -0.25) is 24.3 Å². The molecule has 0 amide bonds. The number of nitrogen functional groups attached to an aromatic ring is 1. The Bertz CT molecular complexity index is 2700. The van der Waals surface area contributed by atoms with Crippen molar-refractivity contribution in [3.63, 3.8) is 0 Å². The molecule has 8 rings (SSSR count). The van der Waals surface area contributed by atoms with Gasteiger partial charge in [-0.05, 0) is 101 Å². The van der Waals surface area contributed by atoms with Gasteiger partial charge in [0.1, 0.15) is 11.3 Å². The van der Waals surface area contributed by atoms with Gasteiger partial charge in [0, 0.05) is 34.0 Å². The number of nitrogens with zero attached hydrogens (tertiary/aromatic N) is 3. The molecule has 0 radical (unpaired) electrons. The average molecular weight is 1210 g/mol. The standard InChI is InChI=1S/C21H20N2O.C14H15NO2.C7H9N.C7H8O3S.I3/c1-21(2)12-15-7-4-5-9-17(15)19(23-21)16-11-14-8-6-10-18(24-3)20(14)22-13-16;1-14(2)7-10-5-3-4-6-12(10)13(15-14)11(8-16)9-17;1-6-4-2-3-5-7(6)8;1-6-2-4-7(5-3-6)11(8,9)10;1-3-2/h4-11,13H,12H2,1-3H3;3-6,8-9,16H,7H2,1-2H3;2-5H,8H2,1H3;2-5H,1H3,(H,8,9,10);/q;;;;-1. The maximum absolute atomic E-state index is 10.9. The Labute approximate surface area is 401 Å². The van der Waals surface area contributed by atoms with Crippen molar-refractivity contribution >= 4 is 81.6 Å². The molecule has 5 aromatic carbocycles. The molecule has 0 saturated carbocycles. The second-order valence-electron chi connectivity index (χ2n) is 15.9. The van der Waals surface area contributed by atoms with Gasteiger partial charge in [0.05, 0.1) is 46.3 Å². The number of aryl methyl sites for hydroxylation is 2. The second-order valence-corrected chi connectivity index (χ2v) is 33.5. The molecule has 0 atom stereocenters. The number of benzene rings is 5. The number of aliphatic imine (C=N–C) groups is 2. The van der Waals surface area contributed by atoms with Crippen LogP contribution in [0.4, 0.5) is 5.69 Å². The van der Waals surface area contributed by atoms with Crippen LogP contribution in [-0.4, -0.2) is 59.0 Å². The van der Waals surface area contributed by atoms with Gasteiger partial charge in [-0.15, -0.1) is 0 Å². The summed E-state index contributed by atoms with van der Waals surface area (Å²) in [6, 6.07) is 38.3. The molecule has 0 bridgehead atoms. The minimum atomic E-state index is -4.02. The van der Waals surface area contributed by atoms with Gasteiger partial charge in [0.15, 0.2) is 6.29 Å². The average Bonchev–Trinajstić information content (AvgIpc) is 3.24. The van der Waals surface area contributed by atoms with Gasteiger partial charge in [0.25, 0.3) is 10.1 Å². The van der Waals surface area contributed by atoms with E-state index in [2.05, 4.69) is 97.5 Å².